The van der Waals surface area contributed by atoms with E-state index in [1.165, 1.54) is 0 Å². The van der Waals surface area contributed by atoms with Crippen molar-refractivity contribution in [1.29, 1.82) is 0 Å². The first-order chi connectivity index (χ1) is 10.3. The topological polar surface area (TPSA) is 32.3 Å². The van der Waals surface area contributed by atoms with E-state index in [-0.39, 0.29) is 6.04 Å². The molecule has 106 valence electrons. The van der Waals surface area contributed by atoms with Gasteiger partial charge >= 0.3 is 0 Å². The van der Waals surface area contributed by atoms with Crippen LogP contribution in [-0.2, 0) is 0 Å². The number of hydrogen-bond donors (Lipinski definition) is 2. The van der Waals surface area contributed by atoms with Crippen molar-refractivity contribution in [3.8, 4) is 5.75 Å². The van der Waals surface area contributed by atoms with Crippen LogP contribution in [0.4, 0.5) is 5.69 Å². The van der Waals surface area contributed by atoms with Crippen LogP contribution < -0.4 is 5.32 Å². The maximum atomic E-state index is 10.6. The molecule has 0 saturated heterocycles. The van der Waals surface area contributed by atoms with Gasteiger partial charge in [-0.3, -0.25) is 0 Å². The second-order valence-corrected chi connectivity index (χ2v) is 5.20. The Morgan fingerprint density at radius 1 is 0.905 bits per heavy atom. The van der Waals surface area contributed by atoms with Crippen molar-refractivity contribution in [1.82, 2.24) is 0 Å². The Hall–Kier alpha value is -2.48. The summed E-state index contributed by atoms with van der Waals surface area (Å²) in [7, 11) is 0. The third kappa shape index (κ3) is 2.70. The normalized spacial score (nSPS) is 12.2. The van der Waals surface area contributed by atoms with Gasteiger partial charge in [-0.15, -0.1) is 0 Å². The zero-order chi connectivity index (χ0) is 14.7. The average Bonchev–Trinajstić information content (AvgIpc) is 2.55. The molecule has 3 aromatic rings. The second kappa shape index (κ2) is 5.88. The average molecular weight is 277 g/mol. The fourth-order valence-electron chi connectivity index (χ4n) is 2.69. The number of para-hydroxylation sites is 1. The van der Waals surface area contributed by atoms with Crippen molar-refractivity contribution < 1.29 is 5.11 Å². The van der Waals surface area contributed by atoms with Crippen molar-refractivity contribution in [2.75, 3.05) is 5.32 Å². The third-order valence-electron chi connectivity index (χ3n) is 3.83. The Labute approximate surface area is 125 Å². The standard InChI is InChI=1S/C19H19NO/c1-2-18(20-15-9-4-3-5-10-15)17-13-12-14-8-6-7-11-16(14)19(17)21/h3-13,18,20-21H,2H2,1H3. The quantitative estimate of drug-likeness (QED) is 0.694. The van der Waals surface area contributed by atoms with E-state index >= 15 is 0 Å². The Morgan fingerprint density at radius 2 is 1.62 bits per heavy atom. The van der Waals surface area contributed by atoms with Crippen LogP contribution in [-0.4, -0.2) is 5.11 Å². The Kier molecular flexibility index (Phi) is 3.78. The van der Waals surface area contributed by atoms with E-state index in [1.807, 2.05) is 60.7 Å². The second-order valence-electron chi connectivity index (χ2n) is 5.20. The number of nitrogens with one attached hydrogen (secondary N) is 1. The number of fused-ring (bicyclic) bond motifs is 1. The Balaban J connectivity index is 1.99. The van der Waals surface area contributed by atoms with Crippen molar-refractivity contribution in [3.63, 3.8) is 0 Å². The molecular weight excluding hydrogens is 258 g/mol. The van der Waals surface area contributed by atoms with E-state index < -0.39 is 0 Å². The number of benzene rings is 3. The number of phenolic OH excluding ortho intramolecular Hbond substituents is 1. The number of aromatic hydroxyl groups is 1. The van der Waals surface area contributed by atoms with Crippen LogP contribution in [0.25, 0.3) is 10.8 Å². The van der Waals surface area contributed by atoms with E-state index in [0.717, 1.165) is 28.4 Å². The first-order valence-corrected chi connectivity index (χ1v) is 7.32. The van der Waals surface area contributed by atoms with Gasteiger partial charge in [-0.05, 0) is 23.9 Å². The first kappa shape index (κ1) is 13.5. The summed E-state index contributed by atoms with van der Waals surface area (Å²) in [6.07, 6.45) is 0.904. The number of anilines is 1. The van der Waals surface area contributed by atoms with Crippen LogP contribution in [0, 0.1) is 0 Å². The van der Waals surface area contributed by atoms with Crippen LogP contribution in [0.5, 0.6) is 5.75 Å². The summed E-state index contributed by atoms with van der Waals surface area (Å²) in [5.41, 5.74) is 2.01. The van der Waals surface area contributed by atoms with Gasteiger partial charge in [0, 0.05) is 16.6 Å². The molecule has 1 unspecified atom stereocenters. The Bertz CT molecular complexity index is 737. The minimum Gasteiger partial charge on any atom is -0.507 e. The SMILES string of the molecule is CCC(Nc1ccccc1)c1ccc2ccccc2c1O. The molecule has 0 amide bonds. The first-order valence-electron chi connectivity index (χ1n) is 7.32. The molecule has 0 aliphatic carbocycles. The monoisotopic (exact) mass is 277 g/mol. The van der Waals surface area contributed by atoms with E-state index in [0.29, 0.717) is 5.75 Å². The van der Waals surface area contributed by atoms with Gasteiger partial charge in [0.1, 0.15) is 5.75 Å². The highest BCUT2D eigenvalue weighted by molar-refractivity contribution is 5.89. The minimum atomic E-state index is 0.0945. The lowest BCUT2D eigenvalue weighted by Crippen LogP contribution is -2.09. The molecule has 0 aliphatic heterocycles. The van der Waals surface area contributed by atoms with Crippen molar-refractivity contribution in [3.05, 3.63) is 72.3 Å². The van der Waals surface area contributed by atoms with Gasteiger partial charge in [0.25, 0.3) is 0 Å². The highest BCUT2D eigenvalue weighted by Gasteiger charge is 2.15. The molecule has 0 heterocycles. The molecule has 0 saturated carbocycles. The summed E-state index contributed by atoms with van der Waals surface area (Å²) in [4.78, 5) is 0. The molecule has 0 bridgehead atoms. The van der Waals surface area contributed by atoms with Gasteiger partial charge in [0.15, 0.2) is 0 Å². The molecule has 0 aromatic heterocycles. The summed E-state index contributed by atoms with van der Waals surface area (Å²) in [5, 5.41) is 16.0. The fraction of sp³-hybridized carbons (Fsp3) is 0.158. The van der Waals surface area contributed by atoms with Gasteiger partial charge in [-0.2, -0.15) is 0 Å². The minimum absolute atomic E-state index is 0.0945. The molecule has 3 rings (SSSR count). The molecule has 0 spiro atoms. The summed E-state index contributed by atoms with van der Waals surface area (Å²) in [6.45, 7) is 2.12. The van der Waals surface area contributed by atoms with Gasteiger partial charge in [-0.25, -0.2) is 0 Å². The summed E-state index contributed by atoms with van der Waals surface area (Å²) >= 11 is 0. The van der Waals surface area contributed by atoms with E-state index in [2.05, 4.69) is 18.3 Å². The Morgan fingerprint density at radius 3 is 2.38 bits per heavy atom. The third-order valence-corrected chi connectivity index (χ3v) is 3.83. The lowest BCUT2D eigenvalue weighted by atomic mass is 9.98. The van der Waals surface area contributed by atoms with Crippen molar-refractivity contribution in [2.24, 2.45) is 0 Å². The van der Waals surface area contributed by atoms with Crippen LogP contribution in [0.3, 0.4) is 0 Å². The maximum Gasteiger partial charge on any atom is 0.128 e. The largest absolute Gasteiger partial charge is 0.507 e. The summed E-state index contributed by atoms with van der Waals surface area (Å²) in [5.74, 6) is 0.378. The fourth-order valence-corrected chi connectivity index (χ4v) is 2.69. The summed E-state index contributed by atoms with van der Waals surface area (Å²) < 4.78 is 0. The molecule has 2 nitrogen and oxygen atoms in total. The van der Waals surface area contributed by atoms with Crippen LogP contribution in [0.1, 0.15) is 24.9 Å². The molecule has 1 atom stereocenters. The highest BCUT2D eigenvalue weighted by atomic mass is 16.3. The van der Waals surface area contributed by atoms with E-state index in [1.54, 1.807) is 0 Å². The number of rotatable bonds is 4. The molecule has 0 aliphatic rings. The smallest absolute Gasteiger partial charge is 0.128 e. The van der Waals surface area contributed by atoms with Crippen LogP contribution >= 0.6 is 0 Å². The lowest BCUT2D eigenvalue weighted by molar-refractivity contribution is 0.469. The highest BCUT2D eigenvalue weighted by Crippen LogP contribution is 2.35. The van der Waals surface area contributed by atoms with Gasteiger partial charge in [0.05, 0.1) is 6.04 Å². The maximum absolute atomic E-state index is 10.6. The molecule has 21 heavy (non-hydrogen) atoms. The van der Waals surface area contributed by atoms with E-state index in [4.69, 9.17) is 0 Å². The zero-order valence-corrected chi connectivity index (χ0v) is 12.1. The summed E-state index contributed by atoms with van der Waals surface area (Å²) in [6, 6.07) is 22.2. The lowest BCUT2D eigenvalue weighted by Gasteiger charge is -2.20. The molecule has 0 fully saturated rings. The molecular formula is C19H19NO. The van der Waals surface area contributed by atoms with Crippen molar-refractivity contribution in [2.45, 2.75) is 19.4 Å². The van der Waals surface area contributed by atoms with Gasteiger partial charge in [0.2, 0.25) is 0 Å². The van der Waals surface area contributed by atoms with Crippen molar-refractivity contribution >= 4 is 16.5 Å². The van der Waals surface area contributed by atoms with Crippen LogP contribution in [0.2, 0.25) is 0 Å². The van der Waals surface area contributed by atoms with E-state index in [9.17, 15) is 5.11 Å². The molecule has 0 radical (unpaired) electrons. The van der Waals surface area contributed by atoms with Gasteiger partial charge in [-0.1, -0.05) is 61.5 Å². The molecule has 2 N–H and O–H groups in total. The number of phenols is 1. The van der Waals surface area contributed by atoms with Gasteiger partial charge < -0.3 is 10.4 Å². The molecule has 2 heteroatoms. The predicted molar refractivity (Wildman–Crippen MR) is 88.7 cm³/mol. The number of hydrogen-bond acceptors (Lipinski definition) is 2. The zero-order valence-electron chi connectivity index (χ0n) is 12.1. The predicted octanol–water partition coefficient (Wildman–Crippen LogP) is 5.11. The molecule has 3 aromatic carbocycles. The van der Waals surface area contributed by atoms with Crippen LogP contribution in [0.15, 0.2) is 66.7 Å².